The molecule has 0 spiro atoms. The van der Waals surface area contributed by atoms with Crippen molar-refractivity contribution >= 4 is 5.97 Å². The van der Waals surface area contributed by atoms with Gasteiger partial charge in [-0.3, -0.25) is 0 Å². The molecule has 0 radical (unpaired) electrons. The summed E-state index contributed by atoms with van der Waals surface area (Å²) in [5.41, 5.74) is -0.797. The molecule has 2 fully saturated rings. The molecule has 0 aromatic rings. The molecule has 2 bridgehead atoms. The summed E-state index contributed by atoms with van der Waals surface area (Å²) >= 11 is 0. The van der Waals surface area contributed by atoms with E-state index < -0.39 is 5.60 Å². The van der Waals surface area contributed by atoms with Crippen molar-refractivity contribution in [1.29, 1.82) is 0 Å². The number of hydrogen-bond acceptors (Lipinski definition) is 5. The predicted molar refractivity (Wildman–Crippen MR) is 59.2 cm³/mol. The molecule has 5 heteroatoms. The Morgan fingerprint density at radius 2 is 2.12 bits per heavy atom. The van der Waals surface area contributed by atoms with Gasteiger partial charge in [-0.05, 0) is 6.42 Å². The summed E-state index contributed by atoms with van der Waals surface area (Å²) in [6, 6.07) is 0. The molecule has 0 aliphatic carbocycles. The van der Waals surface area contributed by atoms with Crippen molar-refractivity contribution in [3.63, 3.8) is 0 Å². The summed E-state index contributed by atoms with van der Waals surface area (Å²) in [5.74, 6) is -0.231. The van der Waals surface area contributed by atoms with Crippen LogP contribution in [-0.2, 0) is 14.3 Å². The van der Waals surface area contributed by atoms with Gasteiger partial charge in [0.2, 0.25) is 0 Å². The van der Waals surface area contributed by atoms with Gasteiger partial charge in [-0.25, -0.2) is 4.79 Å². The molecule has 5 nitrogen and oxygen atoms in total. The predicted octanol–water partition coefficient (Wildman–Crippen LogP) is -0.340. The Labute approximate surface area is 95.9 Å². The molecule has 0 amide bonds. The standard InChI is InChI=1S/C11H20N2O3/c1-2-3-4-15-10(14)11-7-12-5-9(16-11)6-13-8-11/h9,12-13H,2-8H2,1H3. The van der Waals surface area contributed by atoms with Crippen molar-refractivity contribution in [2.75, 3.05) is 32.8 Å². The van der Waals surface area contributed by atoms with E-state index in [1.807, 2.05) is 0 Å². The van der Waals surface area contributed by atoms with Gasteiger partial charge in [0.05, 0.1) is 12.7 Å². The fraction of sp³-hybridized carbons (Fsp3) is 0.909. The van der Waals surface area contributed by atoms with Gasteiger partial charge in [-0.15, -0.1) is 0 Å². The van der Waals surface area contributed by atoms with Crippen LogP contribution in [0, 0.1) is 0 Å². The largest absolute Gasteiger partial charge is 0.463 e. The van der Waals surface area contributed by atoms with Crippen LogP contribution in [0.5, 0.6) is 0 Å². The van der Waals surface area contributed by atoms with Crippen molar-refractivity contribution in [1.82, 2.24) is 10.6 Å². The summed E-state index contributed by atoms with van der Waals surface area (Å²) in [7, 11) is 0. The Hall–Kier alpha value is -0.650. The number of fused-ring (bicyclic) bond motifs is 2. The lowest BCUT2D eigenvalue weighted by Crippen LogP contribution is -2.68. The van der Waals surface area contributed by atoms with Crippen molar-refractivity contribution in [3.05, 3.63) is 0 Å². The lowest BCUT2D eigenvalue weighted by Gasteiger charge is -2.43. The molecule has 2 saturated heterocycles. The van der Waals surface area contributed by atoms with Gasteiger partial charge in [0.15, 0.2) is 5.60 Å². The van der Waals surface area contributed by atoms with E-state index >= 15 is 0 Å². The fourth-order valence-corrected chi connectivity index (χ4v) is 2.12. The van der Waals surface area contributed by atoms with Crippen LogP contribution in [0.15, 0.2) is 0 Å². The van der Waals surface area contributed by atoms with Crippen LogP contribution in [0.3, 0.4) is 0 Å². The normalized spacial score (nSPS) is 33.4. The molecule has 2 heterocycles. The van der Waals surface area contributed by atoms with Gasteiger partial charge in [0.25, 0.3) is 0 Å². The maximum absolute atomic E-state index is 12.0. The van der Waals surface area contributed by atoms with E-state index in [1.165, 1.54) is 0 Å². The molecule has 0 atom stereocenters. The number of nitrogens with one attached hydrogen (secondary N) is 2. The maximum Gasteiger partial charge on any atom is 0.341 e. The van der Waals surface area contributed by atoms with Crippen molar-refractivity contribution < 1.29 is 14.3 Å². The highest BCUT2D eigenvalue weighted by Crippen LogP contribution is 2.21. The zero-order chi connectivity index (χ0) is 11.4. The Morgan fingerprint density at radius 3 is 2.75 bits per heavy atom. The summed E-state index contributed by atoms with van der Waals surface area (Å²) in [6.07, 6.45) is 2.02. The third-order valence-electron chi connectivity index (χ3n) is 3.06. The van der Waals surface area contributed by atoms with Crippen LogP contribution in [0.1, 0.15) is 19.8 Å². The van der Waals surface area contributed by atoms with E-state index in [0.717, 1.165) is 25.9 Å². The SMILES string of the molecule is CCCCOC(=O)C12CNCC(CNC1)O2. The first kappa shape index (κ1) is 11.8. The van der Waals surface area contributed by atoms with Crippen LogP contribution in [0.2, 0.25) is 0 Å². The number of carbonyl (C=O) groups is 1. The van der Waals surface area contributed by atoms with Crippen LogP contribution in [-0.4, -0.2) is 50.5 Å². The number of carbonyl (C=O) groups excluding carboxylic acids is 1. The number of morpholine rings is 2. The number of ether oxygens (including phenoxy) is 2. The van der Waals surface area contributed by atoms with Gasteiger partial charge in [-0.2, -0.15) is 0 Å². The van der Waals surface area contributed by atoms with E-state index in [4.69, 9.17) is 9.47 Å². The molecule has 92 valence electrons. The van der Waals surface area contributed by atoms with Crippen LogP contribution >= 0.6 is 0 Å². The highest BCUT2D eigenvalue weighted by atomic mass is 16.6. The van der Waals surface area contributed by atoms with Crippen LogP contribution in [0.4, 0.5) is 0 Å². The number of esters is 1. The molecule has 2 rings (SSSR count). The van der Waals surface area contributed by atoms with Crippen LogP contribution in [0.25, 0.3) is 0 Å². The van der Waals surface area contributed by atoms with Gasteiger partial charge in [-0.1, -0.05) is 13.3 Å². The fourth-order valence-electron chi connectivity index (χ4n) is 2.12. The average molecular weight is 228 g/mol. The molecule has 0 aromatic heterocycles. The number of unbranched alkanes of at least 4 members (excludes halogenated alkanes) is 1. The van der Waals surface area contributed by atoms with Gasteiger partial charge < -0.3 is 20.1 Å². The molecule has 2 aliphatic heterocycles. The van der Waals surface area contributed by atoms with E-state index in [-0.39, 0.29) is 12.1 Å². The van der Waals surface area contributed by atoms with Crippen LogP contribution < -0.4 is 10.6 Å². The molecular formula is C11H20N2O3. The highest BCUT2D eigenvalue weighted by Gasteiger charge is 2.47. The second-order valence-corrected chi connectivity index (χ2v) is 4.49. The third-order valence-corrected chi connectivity index (χ3v) is 3.06. The maximum atomic E-state index is 12.0. The highest BCUT2D eigenvalue weighted by molar-refractivity contribution is 5.80. The summed E-state index contributed by atoms with van der Waals surface area (Å²) in [6.45, 7) is 5.25. The topological polar surface area (TPSA) is 59.6 Å². The third kappa shape index (κ3) is 2.36. The van der Waals surface area contributed by atoms with Crippen molar-refractivity contribution in [2.45, 2.75) is 31.5 Å². The molecular weight excluding hydrogens is 208 g/mol. The van der Waals surface area contributed by atoms with Gasteiger partial charge in [0, 0.05) is 26.2 Å². The van der Waals surface area contributed by atoms with E-state index in [2.05, 4.69) is 17.6 Å². The molecule has 0 saturated carbocycles. The molecule has 2 aliphatic rings. The first-order valence-electron chi connectivity index (χ1n) is 6.03. The lowest BCUT2D eigenvalue weighted by molar-refractivity contribution is -0.192. The Bertz CT molecular complexity index is 248. The minimum Gasteiger partial charge on any atom is -0.463 e. The lowest BCUT2D eigenvalue weighted by atomic mass is 9.98. The van der Waals surface area contributed by atoms with Crippen molar-refractivity contribution in [2.24, 2.45) is 0 Å². The van der Waals surface area contributed by atoms with Gasteiger partial charge in [0.1, 0.15) is 0 Å². The summed E-state index contributed by atoms with van der Waals surface area (Å²) in [5, 5.41) is 6.47. The molecule has 2 N–H and O–H groups in total. The quantitative estimate of drug-likeness (QED) is 0.509. The monoisotopic (exact) mass is 228 g/mol. The smallest absolute Gasteiger partial charge is 0.341 e. The van der Waals surface area contributed by atoms with E-state index in [1.54, 1.807) is 0 Å². The average Bonchev–Trinajstić information content (AvgIpc) is 2.29. The first-order valence-corrected chi connectivity index (χ1v) is 6.03. The second-order valence-electron chi connectivity index (χ2n) is 4.49. The molecule has 0 aromatic carbocycles. The summed E-state index contributed by atoms with van der Waals surface area (Å²) in [4.78, 5) is 12.0. The van der Waals surface area contributed by atoms with E-state index in [0.29, 0.717) is 19.7 Å². The minimum absolute atomic E-state index is 0.0845. The molecule has 0 unspecified atom stereocenters. The first-order chi connectivity index (χ1) is 7.77. The number of hydrogen-bond donors (Lipinski definition) is 2. The molecule has 16 heavy (non-hydrogen) atoms. The second kappa shape index (κ2) is 5.12. The van der Waals surface area contributed by atoms with Gasteiger partial charge >= 0.3 is 5.97 Å². The van der Waals surface area contributed by atoms with E-state index in [9.17, 15) is 4.79 Å². The zero-order valence-corrected chi connectivity index (χ0v) is 9.75. The zero-order valence-electron chi connectivity index (χ0n) is 9.75. The minimum atomic E-state index is -0.797. The number of rotatable bonds is 4. The Balaban J connectivity index is 1.91. The van der Waals surface area contributed by atoms with Crippen molar-refractivity contribution in [3.8, 4) is 0 Å². The summed E-state index contributed by atoms with van der Waals surface area (Å²) < 4.78 is 11.1. The Morgan fingerprint density at radius 1 is 1.44 bits per heavy atom. The Kier molecular flexibility index (Phi) is 3.78.